The highest BCUT2D eigenvalue weighted by Crippen LogP contribution is 2.42. The molecule has 0 saturated carbocycles. The van der Waals surface area contributed by atoms with E-state index in [1.54, 1.807) is 0 Å². The molecule has 0 N–H and O–H groups in total. The van der Waals surface area contributed by atoms with Gasteiger partial charge in [-0.25, -0.2) is 15.0 Å². The van der Waals surface area contributed by atoms with Gasteiger partial charge in [0.2, 0.25) is 0 Å². The number of hydrogen-bond acceptors (Lipinski definition) is 3. The minimum atomic E-state index is 0.688. The van der Waals surface area contributed by atoms with E-state index in [2.05, 4.69) is 150 Å². The summed E-state index contributed by atoms with van der Waals surface area (Å²) in [6.45, 7) is 0. The predicted molar refractivity (Wildman–Crippen MR) is 211 cm³/mol. The summed E-state index contributed by atoms with van der Waals surface area (Å²) in [5, 5.41) is 5.93. The van der Waals surface area contributed by atoms with Gasteiger partial charge in [0.05, 0.1) is 33.6 Å². The zero-order chi connectivity index (χ0) is 33.7. The molecule has 3 aromatic heterocycles. The number of aromatic nitrogens is 4. The predicted octanol–water partition coefficient (Wildman–Crippen LogP) is 11.9. The molecule has 4 heteroatoms. The lowest BCUT2D eigenvalue weighted by molar-refractivity contribution is 1.16. The Bertz CT molecular complexity index is 2840. The van der Waals surface area contributed by atoms with Crippen molar-refractivity contribution in [3.05, 3.63) is 182 Å². The topological polar surface area (TPSA) is 43.6 Å². The molecule has 238 valence electrons. The molecule has 0 unspecified atom stereocenters. The van der Waals surface area contributed by atoms with Crippen LogP contribution in [0, 0.1) is 0 Å². The summed E-state index contributed by atoms with van der Waals surface area (Å²) < 4.78 is 2.38. The van der Waals surface area contributed by atoms with Crippen molar-refractivity contribution in [2.24, 2.45) is 0 Å². The fourth-order valence-corrected chi connectivity index (χ4v) is 7.47. The standard InChI is InChI=1S/C47H30N4/c1-4-15-31(16-5-1)40-30-41(32-17-6-2-7-18-32)50-47(49-40)34-21-14-22-35(29-34)51-42-26-13-11-24-37(42)45-43(51)28-27-38-44(45)36-23-10-12-25-39(36)48-46(38)33-19-8-3-9-20-33/h1-30H. The van der Waals surface area contributed by atoms with Crippen molar-refractivity contribution >= 4 is 43.5 Å². The van der Waals surface area contributed by atoms with E-state index in [1.165, 1.54) is 16.2 Å². The highest BCUT2D eigenvalue weighted by atomic mass is 15.0. The van der Waals surface area contributed by atoms with Crippen molar-refractivity contribution in [2.45, 2.75) is 0 Å². The average Bonchev–Trinajstić information content (AvgIpc) is 3.56. The second-order valence-electron chi connectivity index (χ2n) is 12.8. The van der Waals surface area contributed by atoms with E-state index in [0.29, 0.717) is 5.82 Å². The fraction of sp³-hybridized carbons (Fsp3) is 0. The molecule has 0 aliphatic heterocycles. The highest BCUT2D eigenvalue weighted by molar-refractivity contribution is 6.29. The minimum absolute atomic E-state index is 0.688. The first-order valence-corrected chi connectivity index (χ1v) is 17.2. The molecule has 0 saturated heterocycles. The largest absolute Gasteiger partial charge is 0.309 e. The summed E-state index contributed by atoms with van der Waals surface area (Å²) in [4.78, 5) is 15.5. The van der Waals surface area contributed by atoms with E-state index >= 15 is 0 Å². The molecule has 0 radical (unpaired) electrons. The summed E-state index contributed by atoms with van der Waals surface area (Å²) >= 11 is 0. The number of hydrogen-bond donors (Lipinski definition) is 0. The van der Waals surface area contributed by atoms with Gasteiger partial charge in [-0.05, 0) is 36.4 Å². The van der Waals surface area contributed by atoms with Gasteiger partial charge >= 0.3 is 0 Å². The first-order chi connectivity index (χ1) is 25.3. The van der Waals surface area contributed by atoms with Crippen LogP contribution in [0.5, 0.6) is 0 Å². The van der Waals surface area contributed by atoms with E-state index < -0.39 is 0 Å². The lowest BCUT2D eigenvalue weighted by atomic mass is 9.96. The third-order valence-electron chi connectivity index (χ3n) is 9.77. The van der Waals surface area contributed by atoms with Crippen molar-refractivity contribution in [1.82, 2.24) is 19.5 Å². The van der Waals surface area contributed by atoms with Gasteiger partial charge in [0.15, 0.2) is 5.82 Å². The molecule has 51 heavy (non-hydrogen) atoms. The molecule has 0 spiro atoms. The van der Waals surface area contributed by atoms with Crippen LogP contribution in [0.2, 0.25) is 0 Å². The number of fused-ring (bicyclic) bond motifs is 7. The molecule has 0 bridgehead atoms. The Morgan fingerprint density at radius 3 is 1.65 bits per heavy atom. The van der Waals surface area contributed by atoms with Crippen LogP contribution in [0.3, 0.4) is 0 Å². The Balaban J connectivity index is 1.23. The lowest BCUT2D eigenvalue weighted by Crippen LogP contribution is -1.98. The van der Waals surface area contributed by atoms with E-state index in [9.17, 15) is 0 Å². The summed E-state index contributed by atoms with van der Waals surface area (Å²) in [5.74, 6) is 0.688. The lowest BCUT2D eigenvalue weighted by Gasteiger charge is -2.13. The smallest absolute Gasteiger partial charge is 0.160 e. The van der Waals surface area contributed by atoms with Crippen LogP contribution in [0.25, 0.3) is 94.3 Å². The maximum Gasteiger partial charge on any atom is 0.160 e. The van der Waals surface area contributed by atoms with Crippen LogP contribution in [0.4, 0.5) is 0 Å². The zero-order valence-electron chi connectivity index (χ0n) is 27.6. The Hall–Kier alpha value is -6.91. The van der Waals surface area contributed by atoms with Crippen molar-refractivity contribution in [3.8, 4) is 50.8 Å². The Kier molecular flexibility index (Phi) is 6.78. The molecule has 0 atom stereocenters. The maximum atomic E-state index is 5.21. The van der Waals surface area contributed by atoms with Crippen molar-refractivity contribution in [2.75, 3.05) is 0 Å². The van der Waals surface area contributed by atoms with Crippen molar-refractivity contribution < 1.29 is 0 Å². The summed E-state index contributed by atoms with van der Waals surface area (Å²) in [5.41, 5.74) is 11.3. The van der Waals surface area contributed by atoms with Gasteiger partial charge in [-0.1, -0.05) is 146 Å². The number of pyridine rings is 1. The molecule has 4 nitrogen and oxygen atoms in total. The average molecular weight is 651 g/mol. The Morgan fingerprint density at radius 2 is 0.941 bits per heavy atom. The SMILES string of the molecule is c1ccc(-c2cc(-c3ccccc3)nc(-c3cccc(-n4c5ccccc5c5c6c(ccc54)c(-c4ccccc4)nc4ccccc46)c3)n2)cc1. The zero-order valence-corrected chi connectivity index (χ0v) is 27.6. The van der Waals surface area contributed by atoms with Gasteiger partial charge in [-0.15, -0.1) is 0 Å². The second kappa shape index (κ2) is 11.9. The minimum Gasteiger partial charge on any atom is -0.309 e. The summed E-state index contributed by atoms with van der Waals surface area (Å²) in [7, 11) is 0. The molecule has 0 aliphatic carbocycles. The van der Waals surface area contributed by atoms with E-state index in [0.717, 1.165) is 72.3 Å². The molecule has 10 rings (SSSR count). The molecule has 3 heterocycles. The van der Waals surface area contributed by atoms with Crippen LogP contribution in [0.1, 0.15) is 0 Å². The van der Waals surface area contributed by atoms with Gasteiger partial charge < -0.3 is 4.57 Å². The van der Waals surface area contributed by atoms with Crippen LogP contribution >= 0.6 is 0 Å². The molecule has 0 fully saturated rings. The molecular formula is C47H30N4. The van der Waals surface area contributed by atoms with Crippen molar-refractivity contribution in [1.29, 1.82) is 0 Å². The number of benzene rings is 7. The van der Waals surface area contributed by atoms with Gasteiger partial charge in [0.25, 0.3) is 0 Å². The van der Waals surface area contributed by atoms with Crippen LogP contribution in [-0.2, 0) is 0 Å². The van der Waals surface area contributed by atoms with Crippen LogP contribution < -0.4 is 0 Å². The van der Waals surface area contributed by atoms with Crippen LogP contribution in [0.15, 0.2) is 182 Å². The van der Waals surface area contributed by atoms with Gasteiger partial charge in [0.1, 0.15) is 0 Å². The van der Waals surface area contributed by atoms with Gasteiger partial charge in [-0.3, -0.25) is 0 Å². The van der Waals surface area contributed by atoms with Crippen molar-refractivity contribution in [3.63, 3.8) is 0 Å². The van der Waals surface area contributed by atoms with E-state index in [4.69, 9.17) is 15.0 Å². The fourth-order valence-electron chi connectivity index (χ4n) is 7.47. The summed E-state index contributed by atoms with van der Waals surface area (Å²) in [6.07, 6.45) is 0. The Morgan fingerprint density at radius 1 is 0.353 bits per heavy atom. The third kappa shape index (κ3) is 4.88. The first-order valence-electron chi connectivity index (χ1n) is 17.2. The quantitative estimate of drug-likeness (QED) is 0.174. The first kappa shape index (κ1) is 29.0. The monoisotopic (exact) mass is 650 g/mol. The maximum absolute atomic E-state index is 5.21. The van der Waals surface area contributed by atoms with E-state index in [1.807, 2.05) is 36.4 Å². The number of nitrogens with zero attached hydrogens (tertiary/aromatic N) is 4. The third-order valence-corrected chi connectivity index (χ3v) is 9.77. The Labute approximate surface area is 295 Å². The number of rotatable bonds is 5. The summed E-state index contributed by atoms with van der Waals surface area (Å²) in [6, 6.07) is 63.6. The molecule has 7 aromatic carbocycles. The number of para-hydroxylation sites is 2. The van der Waals surface area contributed by atoms with Gasteiger partial charge in [0, 0.05) is 54.9 Å². The molecule has 0 amide bonds. The molecule has 10 aromatic rings. The molecular weight excluding hydrogens is 621 g/mol. The molecule has 0 aliphatic rings. The van der Waals surface area contributed by atoms with Crippen LogP contribution in [-0.4, -0.2) is 19.5 Å². The highest BCUT2D eigenvalue weighted by Gasteiger charge is 2.20. The van der Waals surface area contributed by atoms with Gasteiger partial charge in [-0.2, -0.15) is 0 Å². The van der Waals surface area contributed by atoms with E-state index in [-0.39, 0.29) is 0 Å². The normalized spacial score (nSPS) is 11.5. The second-order valence-corrected chi connectivity index (χ2v) is 12.8.